The zero-order chi connectivity index (χ0) is 13.6. The molecule has 18 heavy (non-hydrogen) atoms. The highest BCUT2D eigenvalue weighted by atomic mass is 35.5. The summed E-state index contributed by atoms with van der Waals surface area (Å²) in [6.07, 6.45) is 0.412. The van der Waals surface area contributed by atoms with Crippen LogP contribution in [0.4, 0.5) is 4.39 Å². The molecule has 1 rings (SSSR count). The molecule has 0 heterocycles. The van der Waals surface area contributed by atoms with Gasteiger partial charge in [0.1, 0.15) is 21.4 Å². The topological polar surface area (TPSA) is 43.4 Å². The second-order valence-corrected chi connectivity index (χ2v) is 6.56. The molecule has 102 valence electrons. The van der Waals surface area contributed by atoms with Crippen molar-refractivity contribution in [2.24, 2.45) is 0 Å². The Labute approximate surface area is 112 Å². The predicted molar refractivity (Wildman–Crippen MR) is 70.4 cm³/mol. The third-order valence-electron chi connectivity index (χ3n) is 2.46. The Morgan fingerprint density at radius 3 is 2.72 bits per heavy atom. The van der Waals surface area contributed by atoms with Gasteiger partial charge in [0.05, 0.1) is 18.2 Å². The van der Waals surface area contributed by atoms with Crippen molar-refractivity contribution in [3.05, 3.63) is 29.6 Å². The molecule has 0 N–H and O–H groups in total. The van der Waals surface area contributed by atoms with Crippen molar-refractivity contribution in [2.75, 3.05) is 18.1 Å². The molecular weight excluding hydrogens is 279 g/mol. The summed E-state index contributed by atoms with van der Waals surface area (Å²) in [4.78, 5) is 0. The molecule has 0 radical (unpaired) electrons. The van der Waals surface area contributed by atoms with Crippen LogP contribution in [0.3, 0.4) is 0 Å². The van der Waals surface area contributed by atoms with Crippen LogP contribution < -0.4 is 4.74 Å². The SMILES string of the molecule is CCS(=O)(=O)CCCOc1ccc(F)cc1CCl. The largest absolute Gasteiger partial charge is 0.493 e. The summed E-state index contributed by atoms with van der Waals surface area (Å²) >= 11 is 5.67. The first kappa shape index (κ1) is 15.2. The van der Waals surface area contributed by atoms with Gasteiger partial charge in [-0.3, -0.25) is 0 Å². The maximum absolute atomic E-state index is 12.9. The number of rotatable bonds is 7. The molecule has 1 aromatic rings. The summed E-state index contributed by atoms with van der Waals surface area (Å²) in [5, 5.41) is 0. The molecule has 6 heteroatoms. The number of alkyl halides is 1. The van der Waals surface area contributed by atoms with Crippen LogP contribution in [0.2, 0.25) is 0 Å². The minimum atomic E-state index is -2.96. The van der Waals surface area contributed by atoms with Crippen LogP contribution in [0.25, 0.3) is 0 Å². The van der Waals surface area contributed by atoms with Crippen LogP contribution in [0, 0.1) is 5.82 Å². The van der Waals surface area contributed by atoms with Gasteiger partial charge in [-0.25, -0.2) is 12.8 Å². The first-order valence-corrected chi connectivity index (χ1v) is 8.01. The number of sulfone groups is 1. The number of hydrogen-bond donors (Lipinski definition) is 0. The summed E-state index contributed by atoms with van der Waals surface area (Å²) < 4.78 is 40.8. The fourth-order valence-corrected chi connectivity index (χ4v) is 2.45. The van der Waals surface area contributed by atoms with Crippen LogP contribution in [0.1, 0.15) is 18.9 Å². The molecule has 0 aliphatic carbocycles. The van der Waals surface area contributed by atoms with Crippen molar-refractivity contribution in [1.29, 1.82) is 0 Å². The molecule has 0 saturated carbocycles. The molecule has 0 bridgehead atoms. The molecule has 0 spiro atoms. The van der Waals surface area contributed by atoms with Gasteiger partial charge in [0.15, 0.2) is 0 Å². The van der Waals surface area contributed by atoms with E-state index >= 15 is 0 Å². The van der Waals surface area contributed by atoms with Crippen molar-refractivity contribution in [3.63, 3.8) is 0 Å². The highest BCUT2D eigenvalue weighted by Gasteiger charge is 2.08. The second kappa shape index (κ2) is 6.95. The molecule has 0 aliphatic rings. The van der Waals surface area contributed by atoms with E-state index in [1.54, 1.807) is 6.92 Å². The van der Waals surface area contributed by atoms with E-state index in [9.17, 15) is 12.8 Å². The van der Waals surface area contributed by atoms with Gasteiger partial charge in [0, 0.05) is 11.3 Å². The third kappa shape index (κ3) is 4.82. The molecule has 0 unspecified atom stereocenters. The van der Waals surface area contributed by atoms with Crippen molar-refractivity contribution in [1.82, 2.24) is 0 Å². The normalized spacial score (nSPS) is 11.5. The summed E-state index contributed by atoms with van der Waals surface area (Å²) in [5.41, 5.74) is 0.565. The average Bonchev–Trinajstić information content (AvgIpc) is 2.36. The lowest BCUT2D eigenvalue weighted by atomic mass is 10.2. The second-order valence-electron chi connectivity index (χ2n) is 3.82. The van der Waals surface area contributed by atoms with E-state index in [0.29, 0.717) is 17.7 Å². The van der Waals surface area contributed by atoms with Crippen molar-refractivity contribution in [2.45, 2.75) is 19.2 Å². The highest BCUT2D eigenvalue weighted by molar-refractivity contribution is 7.91. The van der Waals surface area contributed by atoms with Crippen LogP contribution in [-0.4, -0.2) is 26.5 Å². The predicted octanol–water partition coefficient (Wildman–Crippen LogP) is 2.77. The fourth-order valence-electron chi connectivity index (χ4n) is 1.40. The molecule has 0 amide bonds. The van der Waals surface area contributed by atoms with E-state index in [2.05, 4.69) is 0 Å². The first-order chi connectivity index (χ1) is 8.48. The smallest absolute Gasteiger partial charge is 0.150 e. The Hall–Kier alpha value is -0.810. The van der Waals surface area contributed by atoms with Crippen LogP contribution in [0.15, 0.2) is 18.2 Å². The molecule has 0 saturated heterocycles. The van der Waals surface area contributed by atoms with E-state index in [1.165, 1.54) is 18.2 Å². The average molecular weight is 295 g/mol. The van der Waals surface area contributed by atoms with Gasteiger partial charge < -0.3 is 4.74 Å². The van der Waals surface area contributed by atoms with Gasteiger partial charge in [0.2, 0.25) is 0 Å². The number of ether oxygens (including phenoxy) is 1. The van der Waals surface area contributed by atoms with E-state index in [-0.39, 0.29) is 29.8 Å². The summed E-state index contributed by atoms with van der Waals surface area (Å²) in [6.45, 7) is 1.89. The monoisotopic (exact) mass is 294 g/mol. The van der Waals surface area contributed by atoms with E-state index in [0.717, 1.165) is 0 Å². The molecule has 3 nitrogen and oxygen atoms in total. The Morgan fingerprint density at radius 1 is 1.39 bits per heavy atom. The molecule has 1 aromatic carbocycles. The van der Waals surface area contributed by atoms with Gasteiger partial charge in [-0.05, 0) is 24.6 Å². The zero-order valence-electron chi connectivity index (χ0n) is 10.2. The molecule has 0 fully saturated rings. The van der Waals surface area contributed by atoms with E-state index < -0.39 is 9.84 Å². The molecule has 0 aliphatic heterocycles. The summed E-state index contributed by atoms with van der Waals surface area (Å²) in [6, 6.07) is 4.10. The molecular formula is C12H16ClFO3S. The number of hydrogen-bond acceptors (Lipinski definition) is 3. The van der Waals surface area contributed by atoms with Gasteiger partial charge in [0.25, 0.3) is 0 Å². The Bertz CT molecular complexity index is 488. The van der Waals surface area contributed by atoms with E-state index in [1.807, 2.05) is 0 Å². The maximum Gasteiger partial charge on any atom is 0.150 e. The van der Waals surface area contributed by atoms with Gasteiger partial charge in [-0.15, -0.1) is 11.6 Å². The first-order valence-electron chi connectivity index (χ1n) is 5.66. The van der Waals surface area contributed by atoms with Crippen molar-refractivity contribution in [3.8, 4) is 5.75 Å². The lowest BCUT2D eigenvalue weighted by molar-refractivity contribution is 0.315. The Kier molecular flexibility index (Phi) is 5.88. The van der Waals surface area contributed by atoms with Crippen molar-refractivity contribution < 1.29 is 17.5 Å². The minimum Gasteiger partial charge on any atom is -0.493 e. The molecule has 0 aromatic heterocycles. The number of halogens is 2. The number of benzene rings is 1. The van der Waals surface area contributed by atoms with Crippen LogP contribution in [-0.2, 0) is 15.7 Å². The minimum absolute atomic E-state index is 0.0981. The fraction of sp³-hybridized carbons (Fsp3) is 0.500. The zero-order valence-corrected chi connectivity index (χ0v) is 11.7. The molecule has 0 atom stereocenters. The van der Waals surface area contributed by atoms with E-state index in [4.69, 9.17) is 16.3 Å². The lowest BCUT2D eigenvalue weighted by Gasteiger charge is -2.09. The highest BCUT2D eigenvalue weighted by Crippen LogP contribution is 2.21. The third-order valence-corrected chi connectivity index (χ3v) is 4.54. The standard InChI is InChI=1S/C12H16ClFO3S/c1-2-18(15,16)7-3-6-17-12-5-4-11(14)8-10(12)9-13/h4-5,8H,2-3,6-7,9H2,1H3. The maximum atomic E-state index is 12.9. The summed E-state index contributed by atoms with van der Waals surface area (Å²) in [7, 11) is -2.96. The summed E-state index contributed by atoms with van der Waals surface area (Å²) in [5.74, 6) is 0.518. The van der Waals surface area contributed by atoms with Gasteiger partial charge >= 0.3 is 0 Å². The lowest BCUT2D eigenvalue weighted by Crippen LogP contribution is -2.12. The van der Waals surface area contributed by atoms with Crippen LogP contribution in [0.5, 0.6) is 5.75 Å². The quantitative estimate of drug-likeness (QED) is 0.574. The van der Waals surface area contributed by atoms with Crippen LogP contribution >= 0.6 is 11.6 Å². The van der Waals surface area contributed by atoms with Gasteiger partial charge in [-0.1, -0.05) is 6.92 Å². The Balaban J connectivity index is 2.49. The van der Waals surface area contributed by atoms with Crippen molar-refractivity contribution >= 4 is 21.4 Å². The van der Waals surface area contributed by atoms with Gasteiger partial charge in [-0.2, -0.15) is 0 Å². The Morgan fingerprint density at radius 2 is 2.11 bits per heavy atom.